The molecule has 1 aromatic heterocycles. The lowest BCUT2D eigenvalue weighted by Crippen LogP contribution is -2.36. The summed E-state index contributed by atoms with van der Waals surface area (Å²) in [5.74, 6) is -0.250. The summed E-state index contributed by atoms with van der Waals surface area (Å²) in [5.41, 5.74) is 8.51. The van der Waals surface area contributed by atoms with E-state index in [1.165, 1.54) is 0 Å². The largest absolute Gasteiger partial charge is 0.322 e. The van der Waals surface area contributed by atoms with Crippen LogP contribution in [0.25, 0.3) is 0 Å². The number of aromatic nitrogens is 1. The van der Waals surface area contributed by atoms with Crippen molar-refractivity contribution in [3.05, 3.63) is 58.9 Å². The van der Waals surface area contributed by atoms with E-state index in [9.17, 15) is 4.79 Å². The van der Waals surface area contributed by atoms with Crippen LogP contribution in [-0.2, 0) is 11.2 Å². The molecule has 0 fully saturated rings. The minimum Gasteiger partial charge on any atom is -0.322 e. The quantitative estimate of drug-likeness (QED) is 0.835. The molecule has 1 aromatic carbocycles. The number of pyridine rings is 1. The average Bonchev–Trinajstić information content (AvgIpc) is 2.49. The first-order chi connectivity index (χ1) is 10.1. The van der Waals surface area contributed by atoms with Crippen molar-refractivity contribution < 1.29 is 4.79 Å². The van der Waals surface area contributed by atoms with Gasteiger partial charge in [-0.25, -0.2) is 4.98 Å². The van der Waals surface area contributed by atoms with Gasteiger partial charge >= 0.3 is 0 Å². The number of nitrogens with zero attached hydrogens (tertiary/aromatic N) is 1. The van der Waals surface area contributed by atoms with E-state index in [1.807, 2.05) is 37.3 Å². The SMILES string of the molecule is Cc1cnc(Cl)c(NC(=O)[C@@H](N)CCc2ccccc2)c1. The van der Waals surface area contributed by atoms with Gasteiger partial charge < -0.3 is 11.1 Å². The normalized spacial score (nSPS) is 12.0. The number of nitrogens with two attached hydrogens (primary N) is 1. The third-order valence-corrected chi connectivity index (χ3v) is 3.46. The molecule has 3 N–H and O–H groups in total. The number of rotatable bonds is 5. The van der Waals surface area contributed by atoms with Crippen molar-refractivity contribution in [2.75, 3.05) is 5.32 Å². The number of anilines is 1. The lowest BCUT2D eigenvalue weighted by atomic mass is 10.1. The number of hydrogen-bond donors (Lipinski definition) is 2. The summed E-state index contributed by atoms with van der Waals surface area (Å²) in [4.78, 5) is 16.1. The van der Waals surface area contributed by atoms with E-state index in [0.29, 0.717) is 12.1 Å². The number of carbonyl (C=O) groups is 1. The summed E-state index contributed by atoms with van der Waals surface area (Å²) in [7, 11) is 0. The molecule has 110 valence electrons. The number of amides is 1. The van der Waals surface area contributed by atoms with Gasteiger partial charge in [0.2, 0.25) is 5.91 Å². The second kappa shape index (κ2) is 7.20. The highest BCUT2D eigenvalue weighted by Crippen LogP contribution is 2.20. The fraction of sp³-hybridized carbons (Fsp3) is 0.250. The molecule has 0 aliphatic heterocycles. The van der Waals surface area contributed by atoms with Crippen LogP contribution in [0.4, 0.5) is 5.69 Å². The van der Waals surface area contributed by atoms with Crippen molar-refractivity contribution in [3.63, 3.8) is 0 Å². The number of carbonyl (C=O) groups excluding carboxylic acids is 1. The molecule has 21 heavy (non-hydrogen) atoms. The Kier molecular flexibility index (Phi) is 5.31. The molecule has 0 unspecified atom stereocenters. The predicted molar refractivity (Wildman–Crippen MR) is 85.4 cm³/mol. The predicted octanol–water partition coefficient (Wildman–Crippen LogP) is 2.94. The highest BCUT2D eigenvalue weighted by atomic mass is 35.5. The molecule has 1 atom stereocenters. The summed E-state index contributed by atoms with van der Waals surface area (Å²) >= 11 is 5.95. The van der Waals surface area contributed by atoms with Crippen LogP contribution in [0.1, 0.15) is 17.5 Å². The van der Waals surface area contributed by atoms with E-state index in [4.69, 9.17) is 17.3 Å². The third-order valence-electron chi connectivity index (χ3n) is 3.16. The summed E-state index contributed by atoms with van der Waals surface area (Å²) in [6.45, 7) is 1.88. The molecule has 0 aliphatic rings. The smallest absolute Gasteiger partial charge is 0.241 e. The van der Waals surface area contributed by atoms with Gasteiger partial charge in [0.15, 0.2) is 5.15 Å². The van der Waals surface area contributed by atoms with Gasteiger partial charge in [0.05, 0.1) is 11.7 Å². The van der Waals surface area contributed by atoms with Crippen molar-refractivity contribution in [2.45, 2.75) is 25.8 Å². The number of nitrogens with one attached hydrogen (secondary N) is 1. The highest BCUT2D eigenvalue weighted by Gasteiger charge is 2.15. The molecular weight excluding hydrogens is 286 g/mol. The summed E-state index contributed by atoms with van der Waals surface area (Å²) < 4.78 is 0. The van der Waals surface area contributed by atoms with Crippen molar-refractivity contribution >= 4 is 23.2 Å². The van der Waals surface area contributed by atoms with Crippen LogP contribution in [0.3, 0.4) is 0 Å². The van der Waals surface area contributed by atoms with Crippen LogP contribution in [-0.4, -0.2) is 16.9 Å². The molecule has 1 heterocycles. The molecule has 1 amide bonds. The zero-order valence-corrected chi connectivity index (χ0v) is 12.6. The Morgan fingerprint density at radius 1 is 1.38 bits per heavy atom. The van der Waals surface area contributed by atoms with Gasteiger partial charge in [0.25, 0.3) is 0 Å². The molecule has 0 bridgehead atoms. The van der Waals surface area contributed by atoms with Crippen molar-refractivity contribution in [1.82, 2.24) is 4.98 Å². The van der Waals surface area contributed by atoms with Crippen LogP contribution < -0.4 is 11.1 Å². The lowest BCUT2D eigenvalue weighted by Gasteiger charge is -2.13. The maximum absolute atomic E-state index is 12.1. The molecule has 5 heteroatoms. The Morgan fingerprint density at radius 2 is 2.10 bits per heavy atom. The fourth-order valence-corrected chi connectivity index (χ4v) is 2.11. The van der Waals surface area contributed by atoms with Crippen LogP contribution in [0.5, 0.6) is 0 Å². The first-order valence-electron chi connectivity index (χ1n) is 6.79. The molecule has 0 saturated carbocycles. The van der Waals surface area contributed by atoms with Crippen molar-refractivity contribution in [2.24, 2.45) is 5.73 Å². The van der Waals surface area contributed by atoms with Gasteiger partial charge in [-0.15, -0.1) is 0 Å². The Morgan fingerprint density at radius 3 is 2.81 bits per heavy atom. The second-order valence-corrected chi connectivity index (χ2v) is 5.33. The van der Waals surface area contributed by atoms with E-state index in [0.717, 1.165) is 17.5 Å². The van der Waals surface area contributed by atoms with E-state index in [2.05, 4.69) is 10.3 Å². The Bertz CT molecular complexity index is 616. The lowest BCUT2D eigenvalue weighted by molar-refractivity contribution is -0.117. The molecule has 4 nitrogen and oxygen atoms in total. The van der Waals surface area contributed by atoms with Gasteiger partial charge in [-0.1, -0.05) is 41.9 Å². The van der Waals surface area contributed by atoms with Crippen molar-refractivity contribution in [3.8, 4) is 0 Å². The standard InChI is InChI=1S/C16H18ClN3O/c1-11-9-14(15(17)19-10-11)20-16(21)13(18)8-7-12-5-3-2-4-6-12/h2-6,9-10,13H,7-8,18H2,1H3,(H,20,21)/t13-/m0/s1. The first kappa shape index (κ1) is 15.5. The minimum atomic E-state index is -0.582. The van der Waals surface area contributed by atoms with E-state index in [-0.39, 0.29) is 11.1 Å². The van der Waals surface area contributed by atoms with E-state index >= 15 is 0 Å². The first-order valence-corrected chi connectivity index (χ1v) is 7.16. The van der Waals surface area contributed by atoms with Crippen LogP contribution >= 0.6 is 11.6 Å². The fourth-order valence-electron chi connectivity index (χ4n) is 1.96. The monoisotopic (exact) mass is 303 g/mol. The van der Waals surface area contributed by atoms with E-state index < -0.39 is 6.04 Å². The topological polar surface area (TPSA) is 68.0 Å². The number of hydrogen-bond acceptors (Lipinski definition) is 3. The number of aryl methyl sites for hydroxylation is 2. The maximum Gasteiger partial charge on any atom is 0.241 e. The Balaban J connectivity index is 1.92. The molecule has 0 radical (unpaired) electrons. The van der Waals surface area contributed by atoms with Crippen LogP contribution in [0.15, 0.2) is 42.6 Å². The molecule has 0 saturated heterocycles. The van der Waals surface area contributed by atoms with Crippen LogP contribution in [0, 0.1) is 6.92 Å². The average molecular weight is 304 g/mol. The van der Waals surface area contributed by atoms with Gasteiger partial charge in [-0.05, 0) is 37.0 Å². The highest BCUT2D eigenvalue weighted by molar-refractivity contribution is 6.32. The molecule has 0 aliphatic carbocycles. The Labute approximate surface area is 129 Å². The van der Waals surface area contributed by atoms with E-state index in [1.54, 1.807) is 12.3 Å². The van der Waals surface area contributed by atoms with Crippen molar-refractivity contribution in [1.29, 1.82) is 0 Å². The zero-order chi connectivity index (χ0) is 15.2. The summed E-state index contributed by atoms with van der Waals surface area (Å²) in [5, 5.41) is 3.00. The number of benzene rings is 1. The minimum absolute atomic E-state index is 0.250. The molecule has 0 spiro atoms. The second-order valence-electron chi connectivity index (χ2n) is 4.97. The van der Waals surface area contributed by atoms with Gasteiger partial charge in [0, 0.05) is 6.20 Å². The Hall–Kier alpha value is -1.91. The molecular formula is C16H18ClN3O. The van der Waals surface area contributed by atoms with Gasteiger partial charge in [-0.2, -0.15) is 0 Å². The van der Waals surface area contributed by atoms with Gasteiger partial charge in [-0.3, -0.25) is 4.79 Å². The third kappa shape index (κ3) is 4.55. The summed E-state index contributed by atoms with van der Waals surface area (Å²) in [6.07, 6.45) is 2.98. The number of halogens is 1. The molecule has 2 aromatic rings. The zero-order valence-electron chi connectivity index (χ0n) is 11.8. The van der Waals surface area contributed by atoms with Crippen LogP contribution in [0.2, 0.25) is 5.15 Å². The summed E-state index contributed by atoms with van der Waals surface area (Å²) in [6, 6.07) is 11.1. The maximum atomic E-state index is 12.1. The molecule has 2 rings (SSSR count). The van der Waals surface area contributed by atoms with Gasteiger partial charge in [0.1, 0.15) is 0 Å².